The van der Waals surface area contributed by atoms with Gasteiger partial charge < -0.3 is 15.0 Å². The summed E-state index contributed by atoms with van der Waals surface area (Å²) in [6.45, 7) is 0.192. The summed E-state index contributed by atoms with van der Waals surface area (Å²) in [5.74, 6) is 0. The van der Waals surface area contributed by atoms with E-state index in [0.29, 0.717) is 6.54 Å². The number of nitrogens with zero attached hydrogens (tertiary/aromatic N) is 1. The molecule has 0 amide bonds. The first kappa shape index (κ1) is 13.7. The van der Waals surface area contributed by atoms with Gasteiger partial charge in [0.15, 0.2) is 0 Å². The molecule has 2 atom stereocenters. The molecule has 0 bridgehead atoms. The third-order valence-electron chi connectivity index (χ3n) is 3.36. The molecule has 1 N–H and O–H groups in total. The smallest absolute Gasteiger partial charge is 0.138 e. The maximum Gasteiger partial charge on any atom is 0.138 e. The third kappa shape index (κ3) is 3.41. The van der Waals surface area contributed by atoms with E-state index in [0.717, 1.165) is 11.1 Å². The molecule has 0 saturated carbocycles. The Balaban J connectivity index is 2.21. The SMILES string of the molecule is C[N+]([O-])(Cc1ccccc1)[C@@H](CO)c1ccccc1. The number of aliphatic hydroxyl groups is 1. The van der Waals surface area contributed by atoms with Crippen LogP contribution in [0.25, 0.3) is 0 Å². The average molecular weight is 257 g/mol. The van der Waals surface area contributed by atoms with Crippen molar-refractivity contribution >= 4 is 0 Å². The summed E-state index contributed by atoms with van der Waals surface area (Å²) in [4.78, 5) is 0. The number of rotatable bonds is 5. The molecule has 2 aromatic rings. The van der Waals surface area contributed by atoms with Gasteiger partial charge in [0.2, 0.25) is 0 Å². The van der Waals surface area contributed by atoms with Gasteiger partial charge in [-0.3, -0.25) is 0 Å². The van der Waals surface area contributed by atoms with Crippen LogP contribution in [0.2, 0.25) is 0 Å². The van der Waals surface area contributed by atoms with Crippen LogP contribution in [-0.4, -0.2) is 23.4 Å². The Labute approximate surface area is 113 Å². The molecule has 0 aliphatic carbocycles. The van der Waals surface area contributed by atoms with E-state index < -0.39 is 10.7 Å². The van der Waals surface area contributed by atoms with Crippen molar-refractivity contribution in [3.05, 3.63) is 77.0 Å². The third-order valence-corrected chi connectivity index (χ3v) is 3.36. The number of likely N-dealkylation sites (N-methyl/N-ethyl adjacent to an activating group) is 1. The van der Waals surface area contributed by atoms with Crippen LogP contribution in [0.5, 0.6) is 0 Å². The molecule has 0 fully saturated rings. The fraction of sp³-hybridized carbons (Fsp3) is 0.250. The molecule has 0 heterocycles. The largest absolute Gasteiger partial charge is 0.632 e. The Morgan fingerprint density at radius 2 is 1.53 bits per heavy atom. The first-order valence-electron chi connectivity index (χ1n) is 6.39. The molecule has 0 aromatic heterocycles. The molecule has 100 valence electrons. The van der Waals surface area contributed by atoms with Crippen LogP contribution < -0.4 is 0 Å². The van der Waals surface area contributed by atoms with Crippen LogP contribution in [0.1, 0.15) is 17.2 Å². The van der Waals surface area contributed by atoms with Gasteiger partial charge in [0.05, 0.1) is 13.7 Å². The summed E-state index contributed by atoms with van der Waals surface area (Å²) in [5, 5.41) is 22.4. The first-order valence-corrected chi connectivity index (χ1v) is 6.39. The van der Waals surface area contributed by atoms with Crippen molar-refractivity contribution in [1.82, 2.24) is 0 Å². The molecule has 0 aliphatic rings. The number of aliphatic hydroxyl groups excluding tert-OH is 1. The van der Waals surface area contributed by atoms with Crippen molar-refractivity contribution in [3.8, 4) is 0 Å². The fourth-order valence-electron chi connectivity index (χ4n) is 2.32. The van der Waals surface area contributed by atoms with Crippen molar-refractivity contribution in [2.45, 2.75) is 12.6 Å². The van der Waals surface area contributed by atoms with E-state index in [-0.39, 0.29) is 6.61 Å². The number of hydrogen-bond acceptors (Lipinski definition) is 2. The summed E-state index contributed by atoms with van der Waals surface area (Å²) >= 11 is 0. The summed E-state index contributed by atoms with van der Waals surface area (Å²) in [5.41, 5.74) is 1.85. The minimum atomic E-state index is -0.509. The molecular formula is C16H19NO2. The van der Waals surface area contributed by atoms with Gasteiger partial charge in [0.25, 0.3) is 0 Å². The molecule has 1 unspecified atom stereocenters. The minimum Gasteiger partial charge on any atom is -0.632 e. The number of hydrogen-bond donors (Lipinski definition) is 1. The van der Waals surface area contributed by atoms with Gasteiger partial charge in [-0.1, -0.05) is 60.7 Å². The highest BCUT2D eigenvalue weighted by Crippen LogP contribution is 2.27. The van der Waals surface area contributed by atoms with Gasteiger partial charge in [0, 0.05) is 11.1 Å². The number of benzene rings is 2. The molecule has 0 aliphatic heterocycles. The predicted octanol–water partition coefficient (Wildman–Crippen LogP) is 2.86. The van der Waals surface area contributed by atoms with Gasteiger partial charge in [0.1, 0.15) is 12.6 Å². The van der Waals surface area contributed by atoms with Gasteiger partial charge in [-0.25, -0.2) is 0 Å². The van der Waals surface area contributed by atoms with Crippen LogP contribution in [0, 0.1) is 5.21 Å². The lowest BCUT2D eigenvalue weighted by molar-refractivity contribution is -0.906. The summed E-state index contributed by atoms with van der Waals surface area (Å²) in [6.07, 6.45) is 0. The molecule has 3 nitrogen and oxygen atoms in total. The van der Waals surface area contributed by atoms with Gasteiger partial charge in [-0.2, -0.15) is 0 Å². The zero-order valence-electron chi connectivity index (χ0n) is 11.1. The predicted molar refractivity (Wildman–Crippen MR) is 76.0 cm³/mol. The summed E-state index contributed by atoms with van der Waals surface area (Å²) in [6, 6.07) is 18.7. The minimum absolute atomic E-state index is 0.156. The van der Waals surface area contributed by atoms with E-state index in [1.807, 2.05) is 60.7 Å². The van der Waals surface area contributed by atoms with Crippen molar-refractivity contribution in [3.63, 3.8) is 0 Å². The Bertz CT molecular complexity index is 497. The fourth-order valence-corrected chi connectivity index (χ4v) is 2.32. The monoisotopic (exact) mass is 257 g/mol. The average Bonchev–Trinajstić information content (AvgIpc) is 2.41. The summed E-state index contributed by atoms with van der Waals surface area (Å²) in [7, 11) is 1.61. The normalized spacial score (nSPS) is 15.7. The lowest BCUT2D eigenvalue weighted by atomic mass is 10.1. The van der Waals surface area contributed by atoms with Crippen LogP contribution in [0.4, 0.5) is 0 Å². The highest BCUT2D eigenvalue weighted by Gasteiger charge is 2.25. The van der Waals surface area contributed by atoms with Crippen molar-refractivity contribution in [2.75, 3.05) is 13.7 Å². The van der Waals surface area contributed by atoms with Crippen molar-refractivity contribution < 1.29 is 9.75 Å². The van der Waals surface area contributed by atoms with E-state index in [1.54, 1.807) is 7.05 Å². The maximum absolute atomic E-state index is 12.8. The molecule has 19 heavy (non-hydrogen) atoms. The molecule has 2 rings (SSSR count). The van der Waals surface area contributed by atoms with E-state index in [1.165, 1.54) is 0 Å². The van der Waals surface area contributed by atoms with Crippen LogP contribution in [0.15, 0.2) is 60.7 Å². The highest BCUT2D eigenvalue weighted by molar-refractivity contribution is 5.18. The molecule has 3 heteroatoms. The van der Waals surface area contributed by atoms with Crippen LogP contribution in [-0.2, 0) is 6.54 Å². The number of quaternary nitrogens is 1. The van der Waals surface area contributed by atoms with Crippen LogP contribution >= 0.6 is 0 Å². The molecule has 2 aromatic carbocycles. The van der Waals surface area contributed by atoms with E-state index >= 15 is 0 Å². The van der Waals surface area contributed by atoms with E-state index in [9.17, 15) is 10.3 Å². The van der Waals surface area contributed by atoms with E-state index in [4.69, 9.17) is 0 Å². The Hall–Kier alpha value is -1.68. The number of hydroxylamine groups is 3. The zero-order valence-corrected chi connectivity index (χ0v) is 11.1. The van der Waals surface area contributed by atoms with Crippen molar-refractivity contribution in [1.29, 1.82) is 0 Å². The Morgan fingerprint density at radius 3 is 2.05 bits per heavy atom. The quantitative estimate of drug-likeness (QED) is 0.661. The van der Waals surface area contributed by atoms with Crippen LogP contribution in [0.3, 0.4) is 0 Å². The lowest BCUT2D eigenvalue weighted by Gasteiger charge is -2.45. The molecular weight excluding hydrogens is 238 g/mol. The molecule has 0 radical (unpaired) electrons. The Morgan fingerprint density at radius 1 is 1.00 bits per heavy atom. The maximum atomic E-state index is 12.8. The molecule has 0 spiro atoms. The van der Waals surface area contributed by atoms with Gasteiger partial charge in [-0.15, -0.1) is 0 Å². The van der Waals surface area contributed by atoms with Gasteiger partial charge >= 0.3 is 0 Å². The zero-order chi connectivity index (χ0) is 13.7. The lowest BCUT2D eigenvalue weighted by Crippen LogP contribution is -2.42. The Kier molecular flexibility index (Phi) is 4.32. The second kappa shape index (κ2) is 5.97. The van der Waals surface area contributed by atoms with E-state index in [2.05, 4.69) is 0 Å². The highest BCUT2D eigenvalue weighted by atomic mass is 16.5. The van der Waals surface area contributed by atoms with Gasteiger partial charge in [-0.05, 0) is 0 Å². The summed E-state index contributed by atoms with van der Waals surface area (Å²) < 4.78 is -0.509. The molecule has 0 saturated heterocycles. The first-order chi connectivity index (χ1) is 9.13. The topological polar surface area (TPSA) is 43.3 Å². The second-order valence-corrected chi connectivity index (χ2v) is 4.93. The second-order valence-electron chi connectivity index (χ2n) is 4.93. The van der Waals surface area contributed by atoms with Crippen molar-refractivity contribution in [2.24, 2.45) is 0 Å². The standard InChI is InChI=1S/C16H19NO2/c1-17(19,12-14-8-4-2-5-9-14)16(13-18)15-10-6-3-7-11-15/h2-11,16,18H,12-13H2,1H3/t16-,17?/m0/s1.